The van der Waals surface area contributed by atoms with Crippen LogP contribution in [0.5, 0.6) is 0 Å². The molecule has 0 aliphatic rings. The molecule has 476 valence electrons. The molecule has 3 unspecified atom stereocenters. The third kappa shape index (κ3) is 62.3. The van der Waals surface area contributed by atoms with Crippen LogP contribution in [0.15, 0.2) is 48.6 Å². The van der Waals surface area contributed by atoms with E-state index in [1.807, 2.05) is 33.3 Å². The molecule has 0 aliphatic heterocycles. The molecule has 0 spiro atoms. The second kappa shape index (κ2) is 61.1. The number of phosphoric acid groups is 1. The first kappa shape index (κ1) is 79.0. The highest BCUT2D eigenvalue weighted by Gasteiger charge is 2.27. The van der Waals surface area contributed by atoms with Gasteiger partial charge in [0.25, 0.3) is 7.82 Å². The summed E-state index contributed by atoms with van der Waals surface area (Å²) in [6.45, 7) is 6.85. The van der Waals surface area contributed by atoms with Crippen molar-refractivity contribution >= 4 is 19.7 Å². The van der Waals surface area contributed by atoms with Gasteiger partial charge >= 0.3 is 5.97 Å². The zero-order valence-corrected chi connectivity index (χ0v) is 55.4. The number of carbonyl (C=O) groups is 2. The van der Waals surface area contributed by atoms with Crippen LogP contribution in [0.4, 0.5) is 0 Å². The van der Waals surface area contributed by atoms with E-state index in [1.165, 1.54) is 244 Å². The summed E-state index contributed by atoms with van der Waals surface area (Å²) in [6.07, 6.45) is 76.6. The first-order valence-corrected chi connectivity index (χ1v) is 36.4. The van der Waals surface area contributed by atoms with Gasteiger partial charge in [-0.05, 0) is 89.5 Å². The van der Waals surface area contributed by atoms with Crippen LogP contribution < -0.4 is 10.2 Å². The van der Waals surface area contributed by atoms with Crippen molar-refractivity contribution < 1.29 is 37.3 Å². The van der Waals surface area contributed by atoms with Gasteiger partial charge in [-0.3, -0.25) is 14.2 Å². The molecule has 1 amide bonds. The molecule has 0 fully saturated rings. The monoisotopic (exact) mass is 1160 g/mol. The summed E-state index contributed by atoms with van der Waals surface area (Å²) >= 11 is 0. The second-order valence-electron chi connectivity index (χ2n) is 25.0. The quantitative estimate of drug-likeness (QED) is 0.0212. The van der Waals surface area contributed by atoms with Crippen LogP contribution in [0.1, 0.15) is 342 Å². The molecule has 0 bridgehead atoms. The molecular formula is C71H135N2O7P. The average Bonchev–Trinajstić information content (AvgIpc) is 3.43. The van der Waals surface area contributed by atoms with Crippen LogP contribution in [0.25, 0.3) is 0 Å². The van der Waals surface area contributed by atoms with Crippen molar-refractivity contribution in [2.75, 3.05) is 40.9 Å². The summed E-state index contributed by atoms with van der Waals surface area (Å²) in [4.78, 5) is 40.1. The maximum atomic E-state index is 13.6. The lowest BCUT2D eigenvalue weighted by molar-refractivity contribution is -0.870. The lowest BCUT2D eigenvalue weighted by Crippen LogP contribution is -2.47. The Morgan fingerprint density at radius 1 is 0.432 bits per heavy atom. The zero-order chi connectivity index (χ0) is 59.3. The lowest BCUT2D eigenvalue weighted by atomic mass is 10.0. The van der Waals surface area contributed by atoms with Crippen molar-refractivity contribution in [3.8, 4) is 0 Å². The van der Waals surface area contributed by atoms with E-state index in [-0.39, 0.29) is 31.5 Å². The predicted octanol–water partition coefficient (Wildman–Crippen LogP) is 21.4. The molecule has 0 aromatic heterocycles. The fraction of sp³-hybridized carbons (Fsp3) is 0.859. The number of carbonyl (C=O) groups excluding carboxylic acids is 2. The zero-order valence-electron chi connectivity index (χ0n) is 54.5. The van der Waals surface area contributed by atoms with E-state index in [1.54, 1.807) is 0 Å². The maximum absolute atomic E-state index is 13.6. The predicted molar refractivity (Wildman–Crippen MR) is 349 cm³/mol. The second-order valence-corrected chi connectivity index (χ2v) is 26.4. The van der Waals surface area contributed by atoms with Gasteiger partial charge in [-0.1, -0.05) is 288 Å². The number of hydrogen-bond acceptors (Lipinski definition) is 7. The van der Waals surface area contributed by atoms with Gasteiger partial charge in [0.2, 0.25) is 5.91 Å². The van der Waals surface area contributed by atoms with Crippen LogP contribution in [0, 0.1) is 0 Å². The standard InChI is InChI=1S/C71H135N2O7P/c1-7-10-13-16-19-22-25-27-29-31-33-35-36-38-39-41-43-45-48-51-54-57-60-63-70(74)72-68(67-79-81(76,77)78-66-65-73(4,5)6)69(62-59-56-53-50-47-24-21-18-15-12-9-3)80-71(75)64-61-58-55-52-49-46-44-42-40-37-34-32-30-28-26-23-20-17-14-11-8-2/h20,23,27-30,59,62,68-69H,7-19,21-22,24-26,31-58,60-61,63-67H2,1-6H3,(H-,72,74,76,77)/b23-20-,29-27+,30-28-,62-59+. The molecule has 0 heterocycles. The van der Waals surface area contributed by atoms with Crippen molar-refractivity contribution in [1.29, 1.82) is 0 Å². The molecule has 0 rings (SSSR count). The summed E-state index contributed by atoms with van der Waals surface area (Å²) < 4.78 is 30.4. The van der Waals surface area contributed by atoms with E-state index >= 15 is 0 Å². The number of ether oxygens (including phenoxy) is 1. The minimum Gasteiger partial charge on any atom is -0.756 e. The Balaban J connectivity index is 5.04. The smallest absolute Gasteiger partial charge is 0.306 e. The topological polar surface area (TPSA) is 114 Å². The Bertz CT molecular complexity index is 1520. The molecule has 0 saturated carbocycles. The number of allylic oxidation sites excluding steroid dienone is 7. The summed E-state index contributed by atoms with van der Waals surface area (Å²) in [5.74, 6) is -0.530. The summed E-state index contributed by atoms with van der Waals surface area (Å²) in [5, 5.41) is 3.04. The number of esters is 1. The summed E-state index contributed by atoms with van der Waals surface area (Å²) in [6, 6.07) is -0.888. The average molecular weight is 1160 g/mol. The van der Waals surface area contributed by atoms with Crippen LogP contribution >= 0.6 is 7.82 Å². The normalized spacial score (nSPS) is 13.8. The van der Waals surface area contributed by atoms with Gasteiger partial charge in [0, 0.05) is 12.8 Å². The van der Waals surface area contributed by atoms with Gasteiger partial charge in [0.15, 0.2) is 0 Å². The van der Waals surface area contributed by atoms with E-state index in [4.69, 9.17) is 13.8 Å². The van der Waals surface area contributed by atoms with Gasteiger partial charge in [0.05, 0.1) is 33.8 Å². The van der Waals surface area contributed by atoms with E-state index < -0.39 is 20.0 Å². The number of amides is 1. The lowest BCUT2D eigenvalue weighted by Gasteiger charge is -2.30. The number of likely N-dealkylation sites (N-methyl/N-ethyl adjacent to an activating group) is 1. The van der Waals surface area contributed by atoms with Gasteiger partial charge in [0.1, 0.15) is 19.3 Å². The SMILES string of the molecule is CCCCC/C=C\C/C=C\CCCCCCCCCCCCCC(=O)OC(/C=C/CCCCCCCCCCC)C(COP(=O)([O-])OCC[N+](C)(C)C)NC(=O)CCCCCCCCCCCCCCC/C=C/CCCCCCCC. The van der Waals surface area contributed by atoms with Crippen molar-refractivity contribution in [1.82, 2.24) is 5.32 Å². The third-order valence-corrected chi connectivity index (χ3v) is 16.7. The Hall–Kier alpha value is -2.03. The molecular weight excluding hydrogens is 1020 g/mol. The van der Waals surface area contributed by atoms with Crippen LogP contribution in [0.2, 0.25) is 0 Å². The molecule has 81 heavy (non-hydrogen) atoms. The Kier molecular flexibility index (Phi) is 59.5. The van der Waals surface area contributed by atoms with Crippen molar-refractivity contribution in [2.24, 2.45) is 0 Å². The minimum absolute atomic E-state index is 0.0214. The van der Waals surface area contributed by atoms with Gasteiger partial charge in [-0.15, -0.1) is 0 Å². The highest BCUT2D eigenvalue weighted by molar-refractivity contribution is 7.45. The van der Waals surface area contributed by atoms with E-state index in [2.05, 4.69) is 62.5 Å². The minimum atomic E-state index is -4.70. The number of hydrogen-bond donors (Lipinski definition) is 1. The van der Waals surface area contributed by atoms with Crippen LogP contribution in [0.3, 0.4) is 0 Å². The van der Waals surface area contributed by atoms with Gasteiger partial charge in [-0.25, -0.2) is 0 Å². The molecule has 9 nitrogen and oxygen atoms in total. The molecule has 10 heteroatoms. The first-order valence-electron chi connectivity index (χ1n) is 34.9. The number of nitrogens with one attached hydrogen (secondary N) is 1. The fourth-order valence-corrected chi connectivity index (χ4v) is 11.0. The maximum Gasteiger partial charge on any atom is 0.306 e. The first-order chi connectivity index (χ1) is 39.4. The molecule has 3 atom stereocenters. The van der Waals surface area contributed by atoms with Crippen molar-refractivity contribution in [3.63, 3.8) is 0 Å². The number of quaternary nitrogens is 1. The molecule has 0 aromatic rings. The van der Waals surface area contributed by atoms with E-state index in [9.17, 15) is 19.0 Å². The van der Waals surface area contributed by atoms with Crippen LogP contribution in [-0.4, -0.2) is 69.4 Å². The van der Waals surface area contributed by atoms with Gasteiger partial charge in [-0.2, -0.15) is 0 Å². The van der Waals surface area contributed by atoms with Crippen molar-refractivity contribution in [3.05, 3.63) is 48.6 Å². The van der Waals surface area contributed by atoms with E-state index in [0.29, 0.717) is 17.4 Å². The Morgan fingerprint density at radius 3 is 1.15 bits per heavy atom. The summed E-state index contributed by atoms with van der Waals surface area (Å²) in [5.41, 5.74) is 0. The highest BCUT2D eigenvalue weighted by Crippen LogP contribution is 2.38. The Labute approximate surface area is 503 Å². The number of phosphoric ester groups is 1. The largest absolute Gasteiger partial charge is 0.756 e. The molecule has 0 radical (unpaired) electrons. The summed E-state index contributed by atoms with van der Waals surface area (Å²) in [7, 11) is 1.19. The number of unbranched alkanes of at least 4 members (excludes halogenated alkanes) is 42. The molecule has 0 saturated heterocycles. The molecule has 1 N–H and O–H groups in total. The third-order valence-electron chi connectivity index (χ3n) is 15.7. The number of rotatable bonds is 64. The fourth-order valence-electron chi connectivity index (χ4n) is 10.3. The molecule has 0 aromatic carbocycles. The Morgan fingerprint density at radius 2 is 0.753 bits per heavy atom. The van der Waals surface area contributed by atoms with Crippen molar-refractivity contribution in [2.45, 2.75) is 354 Å². The van der Waals surface area contributed by atoms with Crippen LogP contribution in [-0.2, 0) is 27.9 Å². The van der Waals surface area contributed by atoms with E-state index in [0.717, 1.165) is 64.2 Å². The molecule has 0 aliphatic carbocycles. The highest BCUT2D eigenvalue weighted by atomic mass is 31.2. The van der Waals surface area contributed by atoms with Gasteiger partial charge < -0.3 is 28.5 Å². The number of nitrogens with zero attached hydrogens (tertiary/aromatic N) is 1.